The summed E-state index contributed by atoms with van der Waals surface area (Å²) in [6.45, 7) is 0. The van der Waals surface area contributed by atoms with Crippen LogP contribution in [0.2, 0.25) is 0 Å². The van der Waals surface area contributed by atoms with Gasteiger partial charge in [0.25, 0.3) is 0 Å². The summed E-state index contributed by atoms with van der Waals surface area (Å²) in [5.41, 5.74) is 0. The molecule has 0 amide bonds. The first-order valence-electron chi connectivity index (χ1n) is 0. The molecule has 0 aliphatic carbocycles. The average Bonchev–Trinajstić information content (AvgIpc) is 0. The molecule has 0 spiro atoms. The van der Waals surface area contributed by atoms with E-state index in [1.165, 1.54) is 0 Å². The molecule has 27 valence electrons. The average molecular weight is 525 g/mol. The van der Waals surface area contributed by atoms with Gasteiger partial charge >= 0.3 is 0 Å². The zero-order chi connectivity index (χ0) is 0. The van der Waals surface area contributed by atoms with E-state index in [1.807, 2.05) is 0 Å². The van der Waals surface area contributed by atoms with Crippen molar-refractivity contribution in [1.29, 1.82) is 0 Å². The van der Waals surface area contributed by atoms with Crippen LogP contribution in [0.15, 0.2) is 0 Å². The second-order valence-electron chi connectivity index (χ2n) is 0. The van der Waals surface area contributed by atoms with Crippen LogP contribution >= 0.6 is 0 Å². The zero-order valence-corrected chi connectivity index (χ0v) is 10.3. The number of rotatable bonds is 0. The van der Waals surface area contributed by atoms with Gasteiger partial charge in [-0.2, -0.15) is 0 Å². The molecule has 0 saturated heterocycles. The van der Waals surface area contributed by atoms with Crippen molar-refractivity contribution >= 4 is 0 Å². The fourth-order valence-corrected chi connectivity index (χ4v) is 0. The summed E-state index contributed by atoms with van der Waals surface area (Å²) < 4.78 is 0. The van der Waals surface area contributed by atoms with Gasteiger partial charge in [-0.25, -0.2) is 0 Å². The Bertz CT molecular complexity index is 8.00. The molecule has 0 atom stereocenters. The molecule has 0 unspecified atom stereocenters. The molecule has 0 aromatic rings. The fourth-order valence-electron chi connectivity index (χ4n) is 0. The fraction of sp³-hybridized carbons (Fsp3) is 0. The summed E-state index contributed by atoms with van der Waals surface area (Å²) >= 11 is 0. The van der Waals surface area contributed by atoms with Crippen LogP contribution in [-0.2, 0) is 86.2 Å². The molecule has 0 aromatic carbocycles. The molecular formula is AuMoTiW. The van der Waals surface area contributed by atoms with Crippen molar-refractivity contribution in [3.05, 3.63) is 0 Å². The summed E-state index contributed by atoms with van der Waals surface area (Å²) in [4.78, 5) is 0. The maximum Gasteiger partial charge on any atom is 0 e. The Morgan fingerprint density at radius 3 is 1.00 bits per heavy atom. The first-order chi connectivity index (χ1) is 0. The quantitative estimate of drug-likeness (QED) is 0.392. The van der Waals surface area contributed by atoms with E-state index in [4.69, 9.17) is 0 Å². The second kappa shape index (κ2) is 17.0. The van der Waals surface area contributed by atoms with E-state index >= 15 is 0 Å². The Morgan fingerprint density at radius 2 is 1.00 bits per heavy atom. The first kappa shape index (κ1) is 29.0. The standard InChI is InChI=1S/Au.Mo.Ti.W. The van der Waals surface area contributed by atoms with E-state index < -0.39 is 0 Å². The van der Waals surface area contributed by atoms with Crippen LogP contribution in [0.5, 0.6) is 0 Å². The number of hydrogen-bond donors (Lipinski definition) is 0. The third-order valence-electron chi connectivity index (χ3n) is 0. The predicted octanol–water partition coefficient (Wildman–Crippen LogP) is -0.0100. The number of hydrogen-bond acceptors (Lipinski definition) is 0. The van der Waals surface area contributed by atoms with Gasteiger partial charge in [-0.15, -0.1) is 0 Å². The van der Waals surface area contributed by atoms with Crippen molar-refractivity contribution in [2.75, 3.05) is 0 Å². The summed E-state index contributed by atoms with van der Waals surface area (Å²) in [6.07, 6.45) is 0. The molecule has 0 bridgehead atoms. The Morgan fingerprint density at radius 1 is 1.00 bits per heavy atom. The van der Waals surface area contributed by atoms with E-state index in [1.54, 1.807) is 0 Å². The van der Waals surface area contributed by atoms with Crippen LogP contribution in [0.1, 0.15) is 0 Å². The van der Waals surface area contributed by atoms with Crippen LogP contribution in [0.25, 0.3) is 0 Å². The van der Waals surface area contributed by atoms with E-state index in [0.29, 0.717) is 0 Å². The molecule has 0 nitrogen and oxygen atoms in total. The summed E-state index contributed by atoms with van der Waals surface area (Å²) in [5.74, 6) is 0. The van der Waals surface area contributed by atoms with Crippen molar-refractivity contribution in [3.63, 3.8) is 0 Å². The summed E-state index contributed by atoms with van der Waals surface area (Å²) in [5, 5.41) is 0. The van der Waals surface area contributed by atoms with E-state index in [-0.39, 0.29) is 86.2 Å². The molecule has 0 aromatic heterocycles. The SMILES string of the molecule is [Au].[Mo].[Ti].[W]. The molecule has 0 N–H and O–H groups in total. The Kier molecular flexibility index (Phi) is 123. The van der Waals surface area contributed by atoms with Crippen molar-refractivity contribution in [2.24, 2.45) is 0 Å². The molecule has 0 rings (SSSR count). The minimum Gasteiger partial charge on any atom is 0 e. The van der Waals surface area contributed by atoms with Crippen LogP contribution in [0, 0.1) is 0 Å². The third kappa shape index (κ3) is 8.85. The van der Waals surface area contributed by atoms with Gasteiger partial charge in [0.2, 0.25) is 0 Å². The van der Waals surface area contributed by atoms with Crippen molar-refractivity contribution < 1.29 is 86.2 Å². The predicted molar refractivity (Wildman–Crippen MR) is 0 cm³/mol. The minimum absolute atomic E-state index is 0. The second-order valence-corrected chi connectivity index (χ2v) is 0. The molecule has 4 heteroatoms. The molecule has 0 saturated carbocycles. The Hall–Kier alpha value is 2.83. The largest absolute Gasteiger partial charge is 0 e. The topological polar surface area (TPSA) is 0 Å². The molecule has 4 heavy (non-hydrogen) atoms. The Labute approximate surface area is 84.8 Å². The molecule has 1 radical (unpaired) electrons. The van der Waals surface area contributed by atoms with Crippen molar-refractivity contribution in [3.8, 4) is 0 Å². The van der Waals surface area contributed by atoms with Gasteiger partial charge < -0.3 is 0 Å². The third-order valence-corrected chi connectivity index (χ3v) is 0. The summed E-state index contributed by atoms with van der Waals surface area (Å²) in [6, 6.07) is 0. The summed E-state index contributed by atoms with van der Waals surface area (Å²) in [7, 11) is 0. The van der Waals surface area contributed by atoms with Crippen molar-refractivity contribution in [2.45, 2.75) is 0 Å². The maximum atomic E-state index is 0. The van der Waals surface area contributed by atoms with Crippen LogP contribution in [0.3, 0.4) is 0 Å². The van der Waals surface area contributed by atoms with E-state index in [2.05, 4.69) is 0 Å². The van der Waals surface area contributed by atoms with Gasteiger partial charge in [0.1, 0.15) is 0 Å². The zero-order valence-electron chi connectivity index (χ0n) is 1.62. The maximum absolute atomic E-state index is 0. The van der Waals surface area contributed by atoms with Crippen molar-refractivity contribution in [1.82, 2.24) is 0 Å². The van der Waals surface area contributed by atoms with Gasteiger partial charge in [-0.3, -0.25) is 0 Å². The van der Waals surface area contributed by atoms with E-state index in [0.717, 1.165) is 0 Å². The molecule has 0 aliphatic heterocycles. The van der Waals surface area contributed by atoms with Gasteiger partial charge in [0.15, 0.2) is 0 Å². The van der Waals surface area contributed by atoms with Gasteiger partial charge in [0, 0.05) is 86.2 Å². The van der Waals surface area contributed by atoms with Gasteiger partial charge in [-0.1, -0.05) is 0 Å². The normalized spacial score (nSPS) is 0. The van der Waals surface area contributed by atoms with Crippen LogP contribution < -0.4 is 0 Å². The smallest absolute Gasteiger partial charge is 0 e. The van der Waals surface area contributed by atoms with Crippen LogP contribution in [0.4, 0.5) is 0 Å². The molecule has 0 heterocycles. The first-order valence-corrected chi connectivity index (χ1v) is 0. The minimum atomic E-state index is 0. The van der Waals surface area contributed by atoms with Gasteiger partial charge in [0.05, 0.1) is 0 Å². The molecule has 0 fully saturated rings. The van der Waals surface area contributed by atoms with Gasteiger partial charge in [-0.05, 0) is 0 Å². The molecular weight excluding hydrogens is 525 g/mol. The molecule has 0 aliphatic rings. The monoisotopic (exact) mass is 527 g/mol. The van der Waals surface area contributed by atoms with Crippen LogP contribution in [-0.4, -0.2) is 0 Å². The van der Waals surface area contributed by atoms with E-state index in [9.17, 15) is 0 Å². The Balaban J connectivity index is 0.